The molecule has 0 aliphatic carbocycles. The van der Waals surface area contributed by atoms with Crippen LogP contribution in [0.2, 0.25) is 5.02 Å². The van der Waals surface area contributed by atoms with Crippen LogP contribution in [-0.2, 0) is 26.2 Å². The molecule has 0 aromatic heterocycles. The lowest BCUT2D eigenvalue weighted by atomic mass is 10.2. The van der Waals surface area contributed by atoms with Crippen LogP contribution in [0.25, 0.3) is 0 Å². The Kier molecular flexibility index (Phi) is 29.9. The fraction of sp³-hybridized carbons (Fsp3) is 0.129. The summed E-state index contributed by atoms with van der Waals surface area (Å²) < 4.78 is 0. The second-order valence-corrected chi connectivity index (χ2v) is 7.43. The molecule has 4 rings (SSSR count). The van der Waals surface area contributed by atoms with Gasteiger partial charge in [0.1, 0.15) is 18.0 Å². The second-order valence-electron chi connectivity index (χ2n) is 7.02. The molecule has 0 saturated carbocycles. The standard InChI is InChI=1S/C14H12ClN3O.C8H10O2.C6H6.C2H4.CH4.H3NO2.H3N/c1-10(19)16-13-8-4-5-9-14(13)18-17-12-7-3-2-6-11(12)15;1-9-10-7-8-5-3-2-4-6-8;1-2-4-6-5-3-1;1-2;;1-3-2;/h2-9H,1H3,(H,16,19);2-6H,7H2,1H3;1-6H;1-2H2;1H4;2H,1H2;1H3. The van der Waals surface area contributed by atoms with E-state index >= 15 is 0 Å². The maximum Gasteiger partial charge on any atom is 0.221 e. The van der Waals surface area contributed by atoms with Crippen LogP contribution < -0.4 is 17.4 Å². The summed E-state index contributed by atoms with van der Waals surface area (Å²) in [6, 6.07) is 36.2. The first kappa shape index (κ1) is 42.2. The first-order valence-electron chi connectivity index (χ1n) is 11.7. The molecule has 228 valence electrons. The number of anilines is 1. The van der Waals surface area contributed by atoms with Gasteiger partial charge in [-0.3, -0.25) is 4.79 Å². The van der Waals surface area contributed by atoms with Crippen molar-refractivity contribution in [2.45, 2.75) is 21.0 Å². The minimum absolute atomic E-state index is 0. The van der Waals surface area contributed by atoms with Crippen molar-refractivity contribution in [3.8, 4) is 0 Å². The highest BCUT2D eigenvalue weighted by atomic mass is 35.5. The van der Waals surface area contributed by atoms with E-state index in [9.17, 15) is 4.79 Å². The van der Waals surface area contributed by atoms with Gasteiger partial charge in [-0.2, -0.15) is 5.90 Å². The molecule has 0 saturated heterocycles. The van der Waals surface area contributed by atoms with Crippen LogP contribution in [0.15, 0.2) is 139 Å². The number of hydrogen-bond acceptors (Lipinski definition) is 9. The number of nitrogens with two attached hydrogens (primary N) is 1. The van der Waals surface area contributed by atoms with Crippen molar-refractivity contribution in [3.63, 3.8) is 0 Å². The summed E-state index contributed by atoms with van der Waals surface area (Å²) in [4.78, 5) is 23.0. The summed E-state index contributed by atoms with van der Waals surface area (Å²) in [5.74, 6) is 3.75. The third-order valence-electron chi connectivity index (χ3n) is 4.19. The van der Waals surface area contributed by atoms with Gasteiger partial charge in [0.15, 0.2) is 0 Å². The number of nitrogens with one attached hydrogen (secondary N) is 1. The topological polar surface area (TPSA) is 163 Å². The van der Waals surface area contributed by atoms with Gasteiger partial charge in [-0.05, 0) is 29.8 Å². The van der Waals surface area contributed by atoms with Crippen LogP contribution in [0.3, 0.4) is 0 Å². The van der Waals surface area contributed by atoms with Crippen LogP contribution >= 0.6 is 11.6 Å². The highest BCUT2D eigenvalue weighted by molar-refractivity contribution is 6.32. The largest absolute Gasteiger partial charge is 0.344 e. The van der Waals surface area contributed by atoms with Crippen molar-refractivity contribution in [1.82, 2.24) is 6.15 Å². The minimum atomic E-state index is -0.152. The number of carbonyl (C=O) groups is 1. The highest BCUT2D eigenvalue weighted by Gasteiger charge is 2.02. The number of para-hydroxylation sites is 1. The van der Waals surface area contributed by atoms with Crippen LogP contribution in [0.1, 0.15) is 19.9 Å². The van der Waals surface area contributed by atoms with E-state index in [1.54, 1.807) is 24.3 Å². The van der Waals surface area contributed by atoms with Gasteiger partial charge in [0.25, 0.3) is 0 Å². The molecule has 0 radical (unpaired) electrons. The fourth-order valence-corrected chi connectivity index (χ4v) is 2.76. The van der Waals surface area contributed by atoms with E-state index in [1.165, 1.54) is 14.0 Å². The molecule has 0 unspecified atom stereocenters. The first-order valence-corrected chi connectivity index (χ1v) is 12.1. The Hall–Kier alpha value is -4.26. The van der Waals surface area contributed by atoms with Gasteiger partial charge >= 0.3 is 0 Å². The van der Waals surface area contributed by atoms with Crippen LogP contribution in [0.5, 0.6) is 0 Å². The van der Waals surface area contributed by atoms with Gasteiger partial charge in [-0.1, -0.05) is 110 Å². The Bertz CT molecular complexity index is 1180. The molecule has 4 aromatic carbocycles. The van der Waals surface area contributed by atoms with Crippen molar-refractivity contribution in [1.29, 1.82) is 0 Å². The Morgan fingerprint density at radius 1 is 0.833 bits per heavy atom. The molecule has 1 amide bonds. The number of benzene rings is 4. The molecule has 10 nitrogen and oxygen atoms in total. The third kappa shape index (κ3) is 21.5. The summed E-state index contributed by atoms with van der Waals surface area (Å²) in [7, 11) is 1.50. The lowest BCUT2D eigenvalue weighted by Gasteiger charge is -2.04. The van der Waals surface area contributed by atoms with Gasteiger partial charge in [0.2, 0.25) is 5.91 Å². The zero-order chi connectivity index (χ0) is 29.8. The number of carbonyl (C=O) groups excluding carboxylic acids is 1. The van der Waals surface area contributed by atoms with E-state index in [2.05, 4.69) is 44.5 Å². The monoisotopic (exact) mass is 599 g/mol. The third-order valence-corrected chi connectivity index (χ3v) is 4.51. The average Bonchev–Trinajstić information content (AvgIpc) is 3.00. The molecule has 7 N–H and O–H groups in total. The molecule has 0 bridgehead atoms. The van der Waals surface area contributed by atoms with Gasteiger partial charge in [0, 0.05) is 6.92 Å². The average molecular weight is 600 g/mol. The normalized spacial score (nSPS) is 8.79. The van der Waals surface area contributed by atoms with Crippen LogP contribution in [0.4, 0.5) is 17.1 Å². The molecule has 4 aromatic rings. The van der Waals surface area contributed by atoms with E-state index < -0.39 is 0 Å². The van der Waals surface area contributed by atoms with Crippen molar-refractivity contribution in [2.75, 3.05) is 12.4 Å². The van der Waals surface area contributed by atoms with E-state index in [0.29, 0.717) is 28.7 Å². The number of azo groups is 1. The maximum absolute atomic E-state index is 11.1. The second kappa shape index (κ2) is 29.7. The lowest BCUT2D eigenvalue weighted by Crippen LogP contribution is -2.05. The van der Waals surface area contributed by atoms with E-state index in [0.717, 1.165) is 5.56 Å². The number of amides is 1. The summed E-state index contributed by atoms with van der Waals surface area (Å²) in [5, 5.41) is 18.3. The SMILES string of the molecule is C.C=C.CC(=O)Nc1ccccc1N=Nc1ccccc1Cl.COOCc1ccccc1.N.NOO.c1ccccc1. The Balaban J connectivity index is -0.000000556. The molecule has 11 heteroatoms. The Morgan fingerprint density at radius 2 is 1.24 bits per heavy atom. The predicted molar refractivity (Wildman–Crippen MR) is 172 cm³/mol. The number of halogens is 1. The van der Waals surface area contributed by atoms with Crippen molar-refractivity contribution < 1.29 is 24.8 Å². The van der Waals surface area contributed by atoms with Crippen molar-refractivity contribution >= 4 is 34.6 Å². The quantitative estimate of drug-likeness (QED) is 0.0742. The molecule has 0 fully saturated rings. The Labute approximate surface area is 253 Å². The Morgan fingerprint density at radius 3 is 1.71 bits per heavy atom. The number of rotatable bonds is 6. The zero-order valence-electron chi connectivity index (χ0n) is 23.2. The van der Waals surface area contributed by atoms with Gasteiger partial charge in [-0.25, -0.2) is 15.0 Å². The number of nitrogens with zero attached hydrogens (tertiary/aromatic N) is 2. The molecule has 42 heavy (non-hydrogen) atoms. The summed E-state index contributed by atoms with van der Waals surface area (Å²) in [6.07, 6.45) is 0. The van der Waals surface area contributed by atoms with E-state index in [-0.39, 0.29) is 19.5 Å². The molecule has 0 aliphatic rings. The van der Waals surface area contributed by atoms with E-state index in [4.69, 9.17) is 21.7 Å². The maximum atomic E-state index is 11.1. The summed E-state index contributed by atoms with van der Waals surface area (Å²) in [6.45, 7) is 7.96. The lowest BCUT2D eigenvalue weighted by molar-refractivity contribution is -0.282. The predicted octanol–water partition coefficient (Wildman–Crippen LogP) is 9.12. The van der Waals surface area contributed by atoms with E-state index in [1.807, 2.05) is 91.0 Å². The van der Waals surface area contributed by atoms with Crippen LogP contribution in [-0.4, -0.2) is 18.3 Å². The van der Waals surface area contributed by atoms with Gasteiger partial charge in [-0.15, -0.1) is 28.4 Å². The fourth-order valence-electron chi connectivity index (χ4n) is 2.58. The molecular weight excluding hydrogens is 558 g/mol. The van der Waals surface area contributed by atoms with Crippen molar-refractivity contribution in [3.05, 3.63) is 139 Å². The molecule has 0 heterocycles. The summed E-state index contributed by atoms with van der Waals surface area (Å²) >= 11 is 5.99. The zero-order valence-corrected chi connectivity index (χ0v) is 24.0. The van der Waals surface area contributed by atoms with Crippen LogP contribution in [0, 0.1) is 0 Å². The molecule has 0 aliphatic heterocycles. The number of hydrogen-bond donors (Lipinski definition) is 4. The van der Waals surface area contributed by atoms with Crippen molar-refractivity contribution in [2.24, 2.45) is 16.1 Å². The molecule has 0 atom stereocenters. The first-order chi connectivity index (χ1) is 19.5. The summed E-state index contributed by atoms with van der Waals surface area (Å²) in [5.41, 5.74) is 2.90. The highest BCUT2D eigenvalue weighted by Crippen LogP contribution is 2.29. The molecular formula is C31H42ClN5O5. The molecule has 0 spiro atoms. The van der Waals surface area contributed by atoms with Gasteiger partial charge < -0.3 is 11.5 Å². The van der Waals surface area contributed by atoms with Gasteiger partial charge in [0.05, 0.1) is 17.8 Å². The minimum Gasteiger partial charge on any atom is -0.344 e. The smallest absolute Gasteiger partial charge is 0.221 e.